The number of carbonyl (C=O) groups is 1. The molecular weight excluding hydrogens is 384 g/mol. The highest BCUT2D eigenvalue weighted by atomic mass is 32.2. The molecule has 1 aliphatic rings. The second-order valence-electron chi connectivity index (χ2n) is 6.57. The maximum atomic E-state index is 12.3. The van der Waals surface area contributed by atoms with E-state index in [1.165, 1.54) is 11.8 Å². The molecule has 1 amide bonds. The fourth-order valence-corrected chi connectivity index (χ4v) is 4.07. The van der Waals surface area contributed by atoms with E-state index in [4.69, 9.17) is 4.74 Å². The van der Waals surface area contributed by atoms with Gasteiger partial charge in [0.25, 0.3) is 0 Å². The van der Waals surface area contributed by atoms with Crippen LogP contribution >= 0.6 is 11.8 Å². The number of aromatic nitrogens is 3. The number of hydrogen-bond acceptors (Lipinski definition) is 6. The van der Waals surface area contributed by atoms with Crippen LogP contribution in [0.15, 0.2) is 65.8 Å². The Hall–Kier alpha value is -3.45. The van der Waals surface area contributed by atoms with Crippen LogP contribution in [0.2, 0.25) is 0 Å². The second-order valence-corrected chi connectivity index (χ2v) is 7.51. The summed E-state index contributed by atoms with van der Waals surface area (Å²) in [5, 5.41) is 14.3. The van der Waals surface area contributed by atoms with E-state index in [2.05, 4.69) is 38.7 Å². The zero-order valence-electron chi connectivity index (χ0n) is 15.5. The van der Waals surface area contributed by atoms with Crippen molar-refractivity contribution in [2.24, 2.45) is 0 Å². The quantitative estimate of drug-likeness (QED) is 0.440. The van der Waals surface area contributed by atoms with Crippen LogP contribution < -0.4 is 10.1 Å². The lowest BCUT2D eigenvalue weighted by molar-refractivity contribution is -0.113. The van der Waals surface area contributed by atoms with Gasteiger partial charge in [0.1, 0.15) is 17.1 Å². The second kappa shape index (κ2) is 7.18. The van der Waals surface area contributed by atoms with Gasteiger partial charge in [-0.25, -0.2) is 4.98 Å². The molecule has 29 heavy (non-hydrogen) atoms. The molecule has 4 aromatic rings. The van der Waals surface area contributed by atoms with Crippen molar-refractivity contribution in [3.05, 3.63) is 60.7 Å². The van der Waals surface area contributed by atoms with Gasteiger partial charge in [0.15, 0.2) is 0 Å². The van der Waals surface area contributed by atoms with E-state index in [9.17, 15) is 4.79 Å². The summed E-state index contributed by atoms with van der Waals surface area (Å²) < 4.78 is 5.12. The molecule has 0 atom stereocenters. The average molecular weight is 400 g/mol. The van der Waals surface area contributed by atoms with Gasteiger partial charge >= 0.3 is 0 Å². The first-order valence-corrected chi connectivity index (χ1v) is 10.1. The number of methoxy groups -OCH3 is 1. The minimum Gasteiger partial charge on any atom is -0.497 e. The normalized spacial score (nSPS) is 11.3. The maximum absolute atomic E-state index is 12.3. The highest BCUT2D eigenvalue weighted by Crippen LogP contribution is 2.44. The molecule has 0 radical (unpaired) electrons. The van der Waals surface area contributed by atoms with Gasteiger partial charge < -0.3 is 10.1 Å². The van der Waals surface area contributed by atoms with E-state index < -0.39 is 0 Å². The molecule has 0 saturated carbocycles. The van der Waals surface area contributed by atoms with Crippen molar-refractivity contribution in [2.45, 2.75) is 5.16 Å². The number of nitrogens with zero attached hydrogens (tertiary/aromatic N) is 3. The minimum atomic E-state index is -0.130. The maximum Gasteiger partial charge on any atom is 0.234 e. The smallest absolute Gasteiger partial charge is 0.234 e. The Morgan fingerprint density at radius 3 is 2.41 bits per heavy atom. The Kier molecular flexibility index (Phi) is 4.37. The first kappa shape index (κ1) is 17.6. The van der Waals surface area contributed by atoms with Gasteiger partial charge in [0.05, 0.1) is 12.9 Å². The van der Waals surface area contributed by atoms with E-state index >= 15 is 0 Å². The number of nitrogens with one attached hydrogen (secondary N) is 1. The lowest BCUT2D eigenvalue weighted by Gasteiger charge is -2.06. The molecule has 0 spiro atoms. The third-order valence-electron chi connectivity index (χ3n) is 4.79. The summed E-state index contributed by atoms with van der Waals surface area (Å²) in [5.74, 6) is 0.810. The molecule has 1 N–H and O–H groups in total. The highest BCUT2D eigenvalue weighted by Gasteiger charge is 2.24. The number of ether oxygens (including phenoxy) is 1. The van der Waals surface area contributed by atoms with Crippen molar-refractivity contribution in [3.8, 4) is 28.3 Å². The summed E-state index contributed by atoms with van der Waals surface area (Å²) >= 11 is 1.27. The minimum absolute atomic E-state index is 0.130. The number of amides is 1. The predicted octanol–water partition coefficient (Wildman–Crippen LogP) is 4.41. The molecule has 0 aliphatic heterocycles. The topological polar surface area (TPSA) is 77.0 Å². The summed E-state index contributed by atoms with van der Waals surface area (Å²) in [5.41, 5.74) is 4.45. The van der Waals surface area contributed by atoms with Crippen LogP contribution in [0.25, 0.3) is 33.3 Å². The number of carbonyl (C=O) groups excluding carboxylic acids is 1. The zero-order chi connectivity index (χ0) is 19.8. The van der Waals surface area contributed by atoms with Crippen LogP contribution in [-0.2, 0) is 4.79 Å². The molecule has 0 bridgehead atoms. The van der Waals surface area contributed by atoms with Gasteiger partial charge in [-0.05, 0) is 29.7 Å². The molecule has 0 fully saturated rings. The van der Waals surface area contributed by atoms with Crippen molar-refractivity contribution in [1.29, 1.82) is 0 Å². The van der Waals surface area contributed by atoms with Crippen LogP contribution in [0, 0.1) is 0 Å². The number of thioether (sulfide) groups is 1. The zero-order valence-corrected chi connectivity index (χ0v) is 16.4. The van der Waals surface area contributed by atoms with Crippen molar-refractivity contribution in [2.75, 3.05) is 18.2 Å². The Morgan fingerprint density at radius 2 is 1.69 bits per heavy atom. The number of fused-ring (bicyclic) bond motifs is 3. The molecule has 6 nitrogen and oxygen atoms in total. The number of rotatable bonds is 5. The van der Waals surface area contributed by atoms with Crippen molar-refractivity contribution < 1.29 is 9.53 Å². The fourth-order valence-electron chi connectivity index (χ4n) is 3.48. The molecule has 1 heterocycles. The first-order valence-electron chi connectivity index (χ1n) is 9.07. The number of anilines is 1. The van der Waals surface area contributed by atoms with Crippen LogP contribution in [-0.4, -0.2) is 34.0 Å². The fraction of sp³-hybridized carbons (Fsp3) is 0.0909. The summed E-state index contributed by atoms with van der Waals surface area (Å²) in [6.45, 7) is 0. The van der Waals surface area contributed by atoms with Crippen LogP contribution in [0.5, 0.6) is 5.75 Å². The van der Waals surface area contributed by atoms with E-state index in [0.29, 0.717) is 10.8 Å². The largest absolute Gasteiger partial charge is 0.497 e. The highest BCUT2D eigenvalue weighted by molar-refractivity contribution is 7.99. The van der Waals surface area contributed by atoms with Gasteiger partial charge in [0, 0.05) is 22.2 Å². The Labute approximate surface area is 171 Å². The molecule has 0 saturated heterocycles. The van der Waals surface area contributed by atoms with Gasteiger partial charge in [-0.2, -0.15) is 0 Å². The lowest BCUT2D eigenvalue weighted by Crippen LogP contribution is -2.14. The summed E-state index contributed by atoms with van der Waals surface area (Å²) in [6, 6.07) is 19.5. The van der Waals surface area contributed by atoms with Crippen LogP contribution in [0.3, 0.4) is 0 Å². The van der Waals surface area contributed by atoms with Crippen LogP contribution in [0.1, 0.15) is 0 Å². The molecule has 5 rings (SSSR count). The summed E-state index contributed by atoms with van der Waals surface area (Å²) in [7, 11) is 1.60. The van der Waals surface area contributed by atoms with Crippen molar-refractivity contribution in [1.82, 2.24) is 15.2 Å². The van der Waals surface area contributed by atoms with Crippen molar-refractivity contribution >= 4 is 34.1 Å². The van der Waals surface area contributed by atoms with Gasteiger partial charge in [-0.3, -0.25) is 4.79 Å². The molecule has 7 heteroatoms. The van der Waals surface area contributed by atoms with Crippen molar-refractivity contribution in [3.63, 3.8) is 0 Å². The third-order valence-corrected chi connectivity index (χ3v) is 5.63. The Balaban J connectivity index is 1.33. The molecule has 0 unspecified atom stereocenters. The Bertz CT molecular complexity index is 1240. The SMILES string of the molecule is COc1ccc(NC(=O)CSc2nnc3c(n2)-c2cccc4cccc-3c24)cc1. The summed E-state index contributed by atoms with van der Waals surface area (Å²) in [4.78, 5) is 17.0. The first-order chi connectivity index (χ1) is 14.2. The molecule has 1 aromatic heterocycles. The molecule has 142 valence electrons. The monoisotopic (exact) mass is 400 g/mol. The number of hydrogen-bond donors (Lipinski definition) is 1. The average Bonchev–Trinajstić information content (AvgIpc) is 3.08. The predicted molar refractivity (Wildman–Crippen MR) is 114 cm³/mol. The molecule has 1 aliphatic carbocycles. The van der Waals surface area contributed by atoms with E-state index in [0.717, 1.165) is 39.0 Å². The molecular formula is C22H16N4O2S. The third kappa shape index (κ3) is 3.19. The van der Waals surface area contributed by atoms with Gasteiger partial charge in [0.2, 0.25) is 11.1 Å². The van der Waals surface area contributed by atoms with Gasteiger partial charge in [-0.1, -0.05) is 48.2 Å². The van der Waals surface area contributed by atoms with Gasteiger partial charge in [-0.15, -0.1) is 10.2 Å². The van der Waals surface area contributed by atoms with E-state index in [-0.39, 0.29) is 11.7 Å². The molecule has 3 aromatic carbocycles. The lowest BCUT2D eigenvalue weighted by atomic mass is 10.0. The summed E-state index contributed by atoms with van der Waals surface area (Å²) in [6.07, 6.45) is 0. The number of benzene rings is 3. The Morgan fingerprint density at radius 1 is 0.966 bits per heavy atom. The van der Waals surface area contributed by atoms with E-state index in [1.54, 1.807) is 31.4 Å². The van der Waals surface area contributed by atoms with Crippen LogP contribution in [0.4, 0.5) is 5.69 Å². The standard InChI is InChI=1S/C22H16N4O2S/c1-28-15-10-8-14(9-11-15)23-18(27)12-29-22-24-20-16-6-2-4-13-5-3-7-17(19(13)16)21(20)25-26-22/h2-11H,12H2,1H3,(H,23,27). The van der Waals surface area contributed by atoms with E-state index in [1.807, 2.05) is 18.2 Å².